The molecule has 4 nitrogen and oxygen atoms in total. The summed E-state index contributed by atoms with van der Waals surface area (Å²) in [5.41, 5.74) is 0.581. The molecule has 0 fully saturated rings. The summed E-state index contributed by atoms with van der Waals surface area (Å²) in [6.45, 7) is 6.31. The molecule has 0 saturated carbocycles. The summed E-state index contributed by atoms with van der Waals surface area (Å²) in [4.78, 5) is 0. The molecule has 0 spiro atoms. The molecule has 1 rings (SSSR count). The summed E-state index contributed by atoms with van der Waals surface area (Å²) in [5, 5.41) is 10.6. The molecule has 1 aromatic heterocycles. The standard InChI is InChI=1S/C10H17F3N4/c1-9(2,3)14-6-8-7-17(16-15-8)5-4-10(11,12)13/h7,14H,4-6H2,1-3H3. The van der Waals surface area contributed by atoms with Crippen LogP contribution in [0.3, 0.4) is 0 Å². The van der Waals surface area contributed by atoms with E-state index in [1.54, 1.807) is 0 Å². The van der Waals surface area contributed by atoms with Crippen LogP contribution in [0, 0.1) is 0 Å². The van der Waals surface area contributed by atoms with Gasteiger partial charge in [-0.3, -0.25) is 4.68 Å². The first-order valence-corrected chi connectivity index (χ1v) is 5.36. The fourth-order valence-electron chi connectivity index (χ4n) is 1.13. The number of halogens is 3. The lowest BCUT2D eigenvalue weighted by Crippen LogP contribution is -2.35. The van der Waals surface area contributed by atoms with Crippen molar-refractivity contribution in [1.82, 2.24) is 20.3 Å². The maximum atomic E-state index is 12.0. The number of alkyl halides is 3. The number of nitrogens with zero attached hydrogens (tertiary/aromatic N) is 3. The summed E-state index contributed by atoms with van der Waals surface area (Å²) in [5.74, 6) is 0. The number of hydrogen-bond acceptors (Lipinski definition) is 3. The molecule has 0 aliphatic rings. The van der Waals surface area contributed by atoms with Gasteiger partial charge < -0.3 is 5.32 Å². The molecule has 0 aromatic carbocycles. The SMILES string of the molecule is CC(C)(C)NCc1cn(CCC(F)(F)F)nn1. The molecule has 17 heavy (non-hydrogen) atoms. The van der Waals surface area contributed by atoms with Gasteiger partial charge in [-0.05, 0) is 20.8 Å². The molecular weight excluding hydrogens is 233 g/mol. The van der Waals surface area contributed by atoms with Crippen LogP contribution in [0.4, 0.5) is 13.2 Å². The molecule has 0 aliphatic heterocycles. The molecule has 0 atom stereocenters. The highest BCUT2D eigenvalue weighted by atomic mass is 19.4. The predicted molar refractivity (Wildman–Crippen MR) is 57.3 cm³/mol. The maximum absolute atomic E-state index is 12.0. The Labute approximate surface area is 98.2 Å². The van der Waals surface area contributed by atoms with Crippen LogP contribution >= 0.6 is 0 Å². The zero-order valence-electron chi connectivity index (χ0n) is 10.2. The summed E-state index contributed by atoms with van der Waals surface area (Å²) in [6.07, 6.45) is -3.51. The Balaban J connectivity index is 2.43. The van der Waals surface area contributed by atoms with Crippen molar-refractivity contribution in [3.8, 4) is 0 Å². The molecule has 1 heterocycles. The van der Waals surface area contributed by atoms with Crippen LogP contribution < -0.4 is 5.32 Å². The topological polar surface area (TPSA) is 42.7 Å². The Morgan fingerprint density at radius 2 is 1.94 bits per heavy atom. The van der Waals surface area contributed by atoms with E-state index in [0.29, 0.717) is 12.2 Å². The van der Waals surface area contributed by atoms with Gasteiger partial charge in [-0.1, -0.05) is 5.21 Å². The van der Waals surface area contributed by atoms with Gasteiger partial charge in [0.15, 0.2) is 0 Å². The van der Waals surface area contributed by atoms with Gasteiger partial charge in [0.1, 0.15) is 0 Å². The maximum Gasteiger partial charge on any atom is 0.390 e. The lowest BCUT2D eigenvalue weighted by molar-refractivity contribution is -0.137. The van der Waals surface area contributed by atoms with E-state index in [1.807, 2.05) is 20.8 Å². The number of aryl methyl sites for hydroxylation is 1. The molecular formula is C10H17F3N4. The number of aromatic nitrogens is 3. The molecule has 0 amide bonds. The Kier molecular flexibility index (Phi) is 4.13. The number of rotatable bonds is 4. The minimum absolute atomic E-state index is 0.0598. The van der Waals surface area contributed by atoms with E-state index >= 15 is 0 Å². The van der Waals surface area contributed by atoms with Crippen molar-refractivity contribution in [3.63, 3.8) is 0 Å². The second kappa shape index (κ2) is 5.03. The monoisotopic (exact) mass is 250 g/mol. The van der Waals surface area contributed by atoms with Gasteiger partial charge in [0, 0.05) is 18.3 Å². The fourth-order valence-corrected chi connectivity index (χ4v) is 1.13. The molecule has 98 valence electrons. The normalized spacial score (nSPS) is 13.1. The van der Waals surface area contributed by atoms with E-state index in [-0.39, 0.29) is 12.1 Å². The molecule has 0 bridgehead atoms. The third-order valence-corrected chi connectivity index (χ3v) is 2.01. The van der Waals surface area contributed by atoms with Crippen molar-refractivity contribution >= 4 is 0 Å². The molecule has 1 N–H and O–H groups in total. The smallest absolute Gasteiger partial charge is 0.306 e. The first-order chi connectivity index (χ1) is 7.66. The highest BCUT2D eigenvalue weighted by molar-refractivity contribution is 4.93. The molecule has 0 unspecified atom stereocenters. The van der Waals surface area contributed by atoms with Crippen molar-refractivity contribution in [2.45, 2.75) is 52.0 Å². The van der Waals surface area contributed by atoms with E-state index in [0.717, 1.165) is 0 Å². The van der Waals surface area contributed by atoms with Crippen LogP contribution in [0.1, 0.15) is 32.9 Å². The van der Waals surface area contributed by atoms with Crippen LogP contribution in [0.25, 0.3) is 0 Å². The third-order valence-electron chi connectivity index (χ3n) is 2.01. The minimum atomic E-state index is -4.16. The summed E-state index contributed by atoms with van der Waals surface area (Å²) in [6, 6.07) is 0. The molecule has 7 heteroatoms. The molecule has 0 aliphatic carbocycles. The Morgan fingerprint density at radius 1 is 1.29 bits per heavy atom. The largest absolute Gasteiger partial charge is 0.390 e. The number of nitrogens with one attached hydrogen (secondary N) is 1. The van der Waals surface area contributed by atoms with Crippen LogP contribution in [0.2, 0.25) is 0 Å². The molecule has 1 aromatic rings. The highest BCUT2D eigenvalue weighted by Crippen LogP contribution is 2.19. The Hall–Kier alpha value is -1.11. The van der Waals surface area contributed by atoms with E-state index < -0.39 is 12.6 Å². The van der Waals surface area contributed by atoms with Gasteiger partial charge in [0.25, 0.3) is 0 Å². The van der Waals surface area contributed by atoms with Gasteiger partial charge >= 0.3 is 6.18 Å². The van der Waals surface area contributed by atoms with Crippen LogP contribution in [0.15, 0.2) is 6.20 Å². The first kappa shape index (κ1) is 14.0. The van der Waals surface area contributed by atoms with Gasteiger partial charge in [0.2, 0.25) is 0 Å². The lowest BCUT2D eigenvalue weighted by Gasteiger charge is -2.19. The van der Waals surface area contributed by atoms with Crippen molar-refractivity contribution < 1.29 is 13.2 Å². The Morgan fingerprint density at radius 3 is 2.47 bits per heavy atom. The summed E-state index contributed by atoms with van der Waals surface area (Å²) < 4.78 is 37.2. The average molecular weight is 250 g/mol. The zero-order valence-corrected chi connectivity index (χ0v) is 10.2. The summed E-state index contributed by atoms with van der Waals surface area (Å²) in [7, 11) is 0. The van der Waals surface area contributed by atoms with E-state index in [2.05, 4.69) is 15.6 Å². The van der Waals surface area contributed by atoms with Crippen LogP contribution in [-0.4, -0.2) is 26.7 Å². The van der Waals surface area contributed by atoms with Crippen molar-refractivity contribution in [1.29, 1.82) is 0 Å². The van der Waals surface area contributed by atoms with Crippen molar-refractivity contribution in [2.24, 2.45) is 0 Å². The second-order valence-electron chi connectivity index (χ2n) is 4.94. The van der Waals surface area contributed by atoms with Crippen LogP contribution in [0.5, 0.6) is 0 Å². The first-order valence-electron chi connectivity index (χ1n) is 5.36. The third kappa shape index (κ3) is 6.25. The van der Waals surface area contributed by atoms with Crippen molar-refractivity contribution in [2.75, 3.05) is 0 Å². The fraction of sp³-hybridized carbons (Fsp3) is 0.800. The summed E-state index contributed by atoms with van der Waals surface area (Å²) >= 11 is 0. The molecule has 0 saturated heterocycles. The zero-order chi connectivity index (χ0) is 13.1. The van der Waals surface area contributed by atoms with E-state index in [1.165, 1.54) is 10.9 Å². The van der Waals surface area contributed by atoms with Crippen molar-refractivity contribution in [3.05, 3.63) is 11.9 Å². The van der Waals surface area contributed by atoms with E-state index in [4.69, 9.17) is 0 Å². The second-order valence-corrected chi connectivity index (χ2v) is 4.94. The predicted octanol–water partition coefficient (Wildman–Crippen LogP) is 2.12. The minimum Gasteiger partial charge on any atom is -0.306 e. The van der Waals surface area contributed by atoms with Gasteiger partial charge in [-0.25, -0.2) is 0 Å². The Bertz CT molecular complexity index is 319. The van der Waals surface area contributed by atoms with Gasteiger partial charge in [-0.2, -0.15) is 13.2 Å². The quantitative estimate of drug-likeness (QED) is 0.890. The van der Waals surface area contributed by atoms with Gasteiger partial charge in [0.05, 0.1) is 18.7 Å². The highest BCUT2D eigenvalue weighted by Gasteiger charge is 2.26. The lowest BCUT2D eigenvalue weighted by atomic mass is 10.1. The molecule has 0 radical (unpaired) electrons. The average Bonchev–Trinajstić information content (AvgIpc) is 2.57. The number of hydrogen-bond donors (Lipinski definition) is 1. The van der Waals surface area contributed by atoms with E-state index in [9.17, 15) is 13.2 Å². The van der Waals surface area contributed by atoms with Gasteiger partial charge in [-0.15, -0.1) is 5.10 Å². The van der Waals surface area contributed by atoms with Crippen LogP contribution in [-0.2, 0) is 13.1 Å².